The maximum absolute atomic E-state index is 4.66. The second kappa shape index (κ2) is 5.34. The first kappa shape index (κ1) is 12.1. The summed E-state index contributed by atoms with van der Waals surface area (Å²) in [5.41, 5.74) is 1.82. The van der Waals surface area contributed by atoms with Crippen molar-refractivity contribution in [1.82, 2.24) is 15.0 Å². The number of hydrogen-bond acceptors (Lipinski definition) is 4. The molecule has 0 amide bonds. The van der Waals surface area contributed by atoms with Gasteiger partial charge in [0.2, 0.25) is 0 Å². The van der Waals surface area contributed by atoms with Crippen molar-refractivity contribution in [3.63, 3.8) is 0 Å². The van der Waals surface area contributed by atoms with Gasteiger partial charge in [-0.3, -0.25) is 4.98 Å². The van der Waals surface area contributed by atoms with Crippen LogP contribution in [0.25, 0.3) is 11.4 Å². The van der Waals surface area contributed by atoms with E-state index in [1.54, 1.807) is 6.20 Å². The minimum atomic E-state index is 0.547. The van der Waals surface area contributed by atoms with Gasteiger partial charge in [-0.05, 0) is 31.4 Å². The number of rotatable bonds is 5. The van der Waals surface area contributed by atoms with Crippen molar-refractivity contribution in [3.8, 4) is 11.4 Å². The number of aromatic nitrogens is 3. The molecule has 0 aromatic carbocycles. The summed E-state index contributed by atoms with van der Waals surface area (Å²) < 4.78 is 0. The molecule has 1 saturated carbocycles. The van der Waals surface area contributed by atoms with Crippen LogP contribution in [0.5, 0.6) is 0 Å². The van der Waals surface area contributed by atoms with Gasteiger partial charge in [-0.25, -0.2) is 9.97 Å². The van der Waals surface area contributed by atoms with E-state index in [9.17, 15) is 0 Å². The average Bonchev–Trinajstić information content (AvgIpc) is 3.30. The first-order valence-electron chi connectivity index (χ1n) is 6.91. The molecule has 3 rings (SSSR count). The molecule has 0 radical (unpaired) electrons. The van der Waals surface area contributed by atoms with E-state index in [0.29, 0.717) is 5.92 Å². The SMILES string of the molecule is CCCNc1cc(-c2ccccn2)nc(C2CC2)n1. The van der Waals surface area contributed by atoms with Crippen LogP contribution in [-0.2, 0) is 0 Å². The molecule has 0 aliphatic heterocycles. The predicted octanol–water partition coefficient (Wildman–Crippen LogP) is 3.24. The van der Waals surface area contributed by atoms with Gasteiger partial charge in [0.15, 0.2) is 0 Å². The van der Waals surface area contributed by atoms with Gasteiger partial charge in [-0.1, -0.05) is 13.0 Å². The van der Waals surface area contributed by atoms with E-state index in [2.05, 4.69) is 27.2 Å². The van der Waals surface area contributed by atoms with Crippen molar-refractivity contribution in [3.05, 3.63) is 36.3 Å². The molecule has 19 heavy (non-hydrogen) atoms. The summed E-state index contributed by atoms with van der Waals surface area (Å²) in [5.74, 6) is 2.42. The number of anilines is 1. The third-order valence-electron chi connectivity index (χ3n) is 3.17. The Kier molecular flexibility index (Phi) is 3.40. The minimum Gasteiger partial charge on any atom is -0.370 e. The maximum Gasteiger partial charge on any atom is 0.134 e. The van der Waals surface area contributed by atoms with Crippen molar-refractivity contribution >= 4 is 5.82 Å². The monoisotopic (exact) mass is 254 g/mol. The topological polar surface area (TPSA) is 50.7 Å². The molecule has 1 aliphatic rings. The van der Waals surface area contributed by atoms with Crippen LogP contribution >= 0.6 is 0 Å². The third kappa shape index (κ3) is 2.89. The lowest BCUT2D eigenvalue weighted by Gasteiger charge is -2.08. The molecule has 4 heteroatoms. The van der Waals surface area contributed by atoms with E-state index in [-0.39, 0.29) is 0 Å². The highest BCUT2D eigenvalue weighted by Gasteiger charge is 2.27. The van der Waals surface area contributed by atoms with Gasteiger partial charge in [-0.2, -0.15) is 0 Å². The molecule has 1 N–H and O–H groups in total. The standard InChI is InChI=1S/C15H18N4/c1-2-8-17-14-10-13(12-5-3-4-9-16-12)18-15(19-14)11-6-7-11/h3-5,9-11H,2,6-8H2,1H3,(H,17,18,19). The molecule has 1 aliphatic carbocycles. The summed E-state index contributed by atoms with van der Waals surface area (Å²) in [7, 11) is 0. The molecule has 98 valence electrons. The molecule has 1 fully saturated rings. The Balaban J connectivity index is 1.96. The summed E-state index contributed by atoms with van der Waals surface area (Å²) in [6.07, 6.45) is 5.30. The van der Waals surface area contributed by atoms with Crippen molar-refractivity contribution in [2.24, 2.45) is 0 Å². The highest BCUT2D eigenvalue weighted by Crippen LogP contribution is 2.39. The molecular formula is C15H18N4. The van der Waals surface area contributed by atoms with Gasteiger partial charge in [0.05, 0.1) is 11.4 Å². The largest absolute Gasteiger partial charge is 0.370 e. The first-order chi connectivity index (χ1) is 9.36. The second-order valence-corrected chi connectivity index (χ2v) is 4.91. The Labute approximate surface area is 113 Å². The van der Waals surface area contributed by atoms with E-state index < -0.39 is 0 Å². The highest BCUT2D eigenvalue weighted by molar-refractivity contribution is 5.58. The van der Waals surface area contributed by atoms with Gasteiger partial charge in [0.25, 0.3) is 0 Å². The van der Waals surface area contributed by atoms with E-state index in [1.165, 1.54) is 12.8 Å². The fraction of sp³-hybridized carbons (Fsp3) is 0.400. The van der Waals surface area contributed by atoms with Crippen LogP contribution in [0.15, 0.2) is 30.5 Å². The van der Waals surface area contributed by atoms with Crippen LogP contribution in [0.2, 0.25) is 0 Å². The molecule has 0 saturated heterocycles. The third-order valence-corrected chi connectivity index (χ3v) is 3.17. The van der Waals surface area contributed by atoms with Gasteiger partial charge in [-0.15, -0.1) is 0 Å². The lowest BCUT2D eigenvalue weighted by molar-refractivity contribution is 0.909. The van der Waals surface area contributed by atoms with Crippen LogP contribution < -0.4 is 5.32 Å². The van der Waals surface area contributed by atoms with E-state index in [1.807, 2.05) is 24.3 Å². The molecule has 0 spiro atoms. The first-order valence-corrected chi connectivity index (χ1v) is 6.91. The number of hydrogen-bond donors (Lipinski definition) is 1. The van der Waals surface area contributed by atoms with Crippen molar-refractivity contribution < 1.29 is 0 Å². The summed E-state index contributed by atoms with van der Waals surface area (Å²) in [5, 5.41) is 3.35. The van der Waals surface area contributed by atoms with Crippen LogP contribution in [0.4, 0.5) is 5.82 Å². The summed E-state index contributed by atoms with van der Waals surface area (Å²) in [6.45, 7) is 3.08. The zero-order valence-corrected chi connectivity index (χ0v) is 11.1. The fourth-order valence-corrected chi connectivity index (χ4v) is 1.98. The molecule has 0 atom stereocenters. The minimum absolute atomic E-state index is 0.547. The van der Waals surface area contributed by atoms with E-state index in [4.69, 9.17) is 0 Å². The van der Waals surface area contributed by atoms with Crippen molar-refractivity contribution in [2.45, 2.75) is 32.1 Å². The summed E-state index contributed by atoms with van der Waals surface area (Å²) in [4.78, 5) is 13.6. The Morgan fingerprint density at radius 2 is 2.11 bits per heavy atom. The molecular weight excluding hydrogens is 236 g/mol. The molecule has 4 nitrogen and oxygen atoms in total. The van der Waals surface area contributed by atoms with Crippen LogP contribution in [0.3, 0.4) is 0 Å². The van der Waals surface area contributed by atoms with Gasteiger partial charge < -0.3 is 5.32 Å². The molecule has 0 unspecified atom stereocenters. The van der Waals surface area contributed by atoms with Crippen molar-refractivity contribution in [1.29, 1.82) is 0 Å². The Morgan fingerprint density at radius 3 is 2.79 bits per heavy atom. The lowest BCUT2D eigenvalue weighted by Crippen LogP contribution is -2.05. The Hall–Kier alpha value is -1.97. The van der Waals surface area contributed by atoms with E-state index >= 15 is 0 Å². The Morgan fingerprint density at radius 1 is 1.21 bits per heavy atom. The van der Waals surface area contributed by atoms with Gasteiger partial charge in [0, 0.05) is 24.7 Å². The molecule has 2 heterocycles. The number of pyridine rings is 1. The summed E-state index contributed by atoms with van der Waals surface area (Å²) >= 11 is 0. The highest BCUT2D eigenvalue weighted by atomic mass is 15.0. The maximum atomic E-state index is 4.66. The van der Waals surface area contributed by atoms with Crippen LogP contribution in [0, 0.1) is 0 Å². The van der Waals surface area contributed by atoms with E-state index in [0.717, 1.165) is 36.0 Å². The van der Waals surface area contributed by atoms with Gasteiger partial charge >= 0.3 is 0 Å². The number of nitrogens with zero attached hydrogens (tertiary/aromatic N) is 3. The van der Waals surface area contributed by atoms with Gasteiger partial charge in [0.1, 0.15) is 11.6 Å². The average molecular weight is 254 g/mol. The van der Waals surface area contributed by atoms with Crippen LogP contribution in [0.1, 0.15) is 37.9 Å². The molecule has 2 aromatic heterocycles. The lowest BCUT2D eigenvalue weighted by atomic mass is 10.2. The van der Waals surface area contributed by atoms with Crippen LogP contribution in [-0.4, -0.2) is 21.5 Å². The smallest absolute Gasteiger partial charge is 0.134 e. The molecule has 0 bridgehead atoms. The normalized spacial score (nSPS) is 14.4. The zero-order chi connectivity index (χ0) is 13.1. The Bertz CT molecular complexity index is 549. The zero-order valence-electron chi connectivity index (χ0n) is 11.1. The second-order valence-electron chi connectivity index (χ2n) is 4.91. The predicted molar refractivity (Wildman–Crippen MR) is 76.0 cm³/mol. The fourth-order valence-electron chi connectivity index (χ4n) is 1.98. The quantitative estimate of drug-likeness (QED) is 0.890. The molecule has 2 aromatic rings. The van der Waals surface area contributed by atoms with Crippen molar-refractivity contribution in [2.75, 3.05) is 11.9 Å². The summed E-state index contributed by atoms with van der Waals surface area (Å²) in [6, 6.07) is 7.88. The number of nitrogens with one attached hydrogen (secondary N) is 1.